The van der Waals surface area contributed by atoms with Gasteiger partial charge in [0.25, 0.3) is 0 Å². The minimum absolute atomic E-state index is 0.0915. The lowest BCUT2D eigenvalue weighted by molar-refractivity contribution is 0.0739. The van der Waals surface area contributed by atoms with Gasteiger partial charge in [0.1, 0.15) is 0 Å². The van der Waals surface area contributed by atoms with Crippen molar-refractivity contribution in [3.8, 4) is 11.1 Å². The number of halogens is 2. The van der Waals surface area contributed by atoms with Crippen LogP contribution in [0.15, 0.2) is 42.5 Å². The summed E-state index contributed by atoms with van der Waals surface area (Å²) in [5, 5.41) is 3.30. The zero-order valence-electron chi connectivity index (χ0n) is 13.6. The number of alkyl halides is 2. The molecule has 2 aromatic carbocycles. The molecule has 1 saturated heterocycles. The van der Waals surface area contributed by atoms with Crippen LogP contribution >= 0.6 is 0 Å². The fourth-order valence-electron chi connectivity index (χ4n) is 4.03. The Bertz CT molecular complexity index is 723. The minimum Gasteiger partial charge on any atom is -0.314 e. The van der Waals surface area contributed by atoms with Crippen molar-refractivity contribution in [2.45, 2.75) is 25.3 Å². The molecule has 0 spiro atoms. The predicted octanol–water partition coefficient (Wildman–Crippen LogP) is 3.86. The highest BCUT2D eigenvalue weighted by Crippen LogP contribution is 2.39. The average molecular weight is 328 g/mol. The third-order valence-corrected chi connectivity index (χ3v) is 5.20. The van der Waals surface area contributed by atoms with Crippen LogP contribution in [0.4, 0.5) is 8.78 Å². The first kappa shape index (κ1) is 15.7. The Morgan fingerprint density at radius 2 is 1.71 bits per heavy atom. The number of fused-ring (bicyclic) bond motifs is 3. The van der Waals surface area contributed by atoms with Crippen molar-refractivity contribution >= 4 is 0 Å². The molecule has 0 unspecified atom stereocenters. The summed E-state index contributed by atoms with van der Waals surface area (Å²) in [4.78, 5) is 2.20. The Labute approximate surface area is 141 Å². The molecule has 1 heterocycles. The van der Waals surface area contributed by atoms with Gasteiger partial charge in [0.15, 0.2) is 0 Å². The highest BCUT2D eigenvalue weighted by atomic mass is 19.3. The maximum absolute atomic E-state index is 13.2. The van der Waals surface area contributed by atoms with Crippen LogP contribution < -0.4 is 5.32 Å². The number of hydrogen-bond donors (Lipinski definition) is 1. The summed E-state index contributed by atoms with van der Waals surface area (Å²) in [5.74, 6) is 0. The van der Waals surface area contributed by atoms with E-state index in [2.05, 4.69) is 52.7 Å². The molecule has 1 N–H and O–H groups in total. The van der Waals surface area contributed by atoms with Crippen molar-refractivity contribution in [2.75, 3.05) is 26.2 Å². The maximum atomic E-state index is 13.2. The standard InChI is InChI=1S/C20H22F2N2/c21-20(22)13-19(24-9-7-23-8-10-24)15-5-6-18-16(12-15)11-14-3-1-2-4-17(14)18/h1-6,12,19-20,23H,7-11,13H2/t19-/m0/s1. The third kappa shape index (κ3) is 2.96. The molecule has 2 aliphatic rings. The van der Waals surface area contributed by atoms with Gasteiger partial charge in [0.2, 0.25) is 6.43 Å². The second kappa shape index (κ2) is 6.61. The zero-order chi connectivity index (χ0) is 16.5. The summed E-state index contributed by atoms with van der Waals surface area (Å²) < 4.78 is 26.3. The van der Waals surface area contributed by atoms with E-state index in [4.69, 9.17) is 0 Å². The second-order valence-corrected chi connectivity index (χ2v) is 6.68. The van der Waals surface area contributed by atoms with Gasteiger partial charge in [-0.3, -0.25) is 4.90 Å². The normalized spacial score (nSPS) is 18.5. The smallest absolute Gasteiger partial charge is 0.240 e. The summed E-state index contributed by atoms with van der Waals surface area (Å²) >= 11 is 0. The molecule has 4 rings (SSSR count). The molecule has 0 radical (unpaired) electrons. The van der Waals surface area contributed by atoms with Crippen molar-refractivity contribution in [3.63, 3.8) is 0 Å². The Morgan fingerprint density at radius 3 is 2.50 bits per heavy atom. The maximum Gasteiger partial charge on any atom is 0.240 e. The topological polar surface area (TPSA) is 15.3 Å². The highest BCUT2D eigenvalue weighted by molar-refractivity contribution is 5.77. The fraction of sp³-hybridized carbons (Fsp3) is 0.400. The molecule has 0 saturated carbocycles. The molecule has 0 amide bonds. The van der Waals surface area contributed by atoms with Crippen LogP contribution in [0, 0.1) is 0 Å². The van der Waals surface area contributed by atoms with E-state index in [9.17, 15) is 8.78 Å². The lowest BCUT2D eigenvalue weighted by atomic mass is 9.96. The first-order chi connectivity index (χ1) is 11.7. The van der Waals surface area contributed by atoms with Gasteiger partial charge in [-0.05, 0) is 34.2 Å². The van der Waals surface area contributed by atoms with E-state index in [1.165, 1.54) is 22.3 Å². The van der Waals surface area contributed by atoms with Crippen LogP contribution in [0.2, 0.25) is 0 Å². The molecular weight excluding hydrogens is 306 g/mol. The Balaban J connectivity index is 1.66. The monoisotopic (exact) mass is 328 g/mol. The molecule has 0 bridgehead atoms. The molecule has 1 aliphatic heterocycles. The van der Waals surface area contributed by atoms with E-state index in [0.717, 1.165) is 38.2 Å². The first-order valence-electron chi connectivity index (χ1n) is 8.66. The molecule has 2 aromatic rings. The van der Waals surface area contributed by atoms with Crippen molar-refractivity contribution in [3.05, 3.63) is 59.2 Å². The summed E-state index contributed by atoms with van der Waals surface area (Å²) in [7, 11) is 0. The largest absolute Gasteiger partial charge is 0.314 e. The summed E-state index contributed by atoms with van der Waals surface area (Å²) in [6.07, 6.45) is -1.47. The second-order valence-electron chi connectivity index (χ2n) is 6.68. The SMILES string of the molecule is FC(F)C[C@@H](c1ccc2c(c1)Cc1ccccc1-2)N1CCNCC1. The van der Waals surface area contributed by atoms with Crippen LogP contribution in [-0.4, -0.2) is 37.5 Å². The van der Waals surface area contributed by atoms with E-state index in [0.29, 0.717) is 0 Å². The fourth-order valence-corrected chi connectivity index (χ4v) is 4.03. The van der Waals surface area contributed by atoms with Crippen LogP contribution in [0.3, 0.4) is 0 Å². The molecule has 1 fully saturated rings. The van der Waals surface area contributed by atoms with Crippen LogP contribution in [0.1, 0.15) is 29.2 Å². The van der Waals surface area contributed by atoms with Crippen molar-refractivity contribution < 1.29 is 8.78 Å². The number of nitrogens with one attached hydrogen (secondary N) is 1. The molecular formula is C20H22F2N2. The lowest BCUT2D eigenvalue weighted by Gasteiger charge is -2.35. The van der Waals surface area contributed by atoms with Gasteiger partial charge in [-0.25, -0.2) is 8.78 Å². The first-order valence-corrected chi connectivity index (χ1v) is 8.66. The zero-order valence-corrected chi connectivity index (χ0v) is 13.6. The summed E-state index contributed by atoms with van der Waals surface area (Å²) in [6.45, 7) is 3.40. The van der Waals surface area contributed by atoms with E-state index in [-0.39, 0.29) is 12.5 Å². The lowest BCUT2D eigenvalue weighted by Crippen LogP contribution is -2.45. The number of benzene rings is 2. The molecule has 4 heteroatoms. The highest BCUT2D eigenvalue weighted by Gasteiger charge is 2.27. The molecule has 1 aliphatic carbocycles. The average Bonchev–Trinajstić information content (AvgIpc) is 2.98. The Hall–Kier alpha value is -1.78. The predicted molar refractivity (Wildman–Crippen MR) is 92.5 cm³/mol. The number of nitrogens with zero attached hydrogens (tertiary/aromatic N) is 1. The molecule has 1 atom stereocenters. The van der Waals surface area contributed by atoms with Gasteiger partial charge in [0.05, 0.1) is 0 Å². The third-order valence-electron chi connectivity index (χ3n) is 5.20. The van der Waals surface area contributed by atoms with Crippen molar-refractivity contribution in [1.82, 2.24) is 10.2 Å². The van der Waals surface area contributed by atoms with Crippen molar-refractivity contribution in [2.24, 2.45) is 0 Å². The van der Waals surface area contributed by atoms with Crippen molar-refractivity contribution in [1.29, 1.82) is 0 Å². The van der Waals surface area contributed by atoms with Crippen LogP contribution in [0.5, 0.6) is 0 Å². The summed E-state index contributed by atoms with van der Waals surface area (Å²) in [6, 6.07) is 14.6. The number of piperazine rings is 1. The van der Waals surface area contributed by atoms with Gasteiger partial charge in [-0.2, -0.15) is 0 Å². The van der Waals surface area contributed by atoms with Gasteiger partial charge < -0.3 is 5.32 Å². The number of rotatable bonds is 4. The van der Waals surface area contributed by atoms with Gasteiger partial charge in [-0.1, -0.05) is 42.5 Å². The van der Waals surface area contributed by atoms with E-state index in [1.807, 2.05) is 0 Å². The van der Waals surface area contributed by atoms with E-state index >= 15 is 0 Å². The molecule has 0 aromatic heterocycles. The number of hydrogen-bond acceptors (Lipinski definition) is 2. The van der Waals surface area contributed by atoms with Crippen LogP contribution in [-0.2, 0) is 6.42 Å². The van der Waals surface area contributed by atoms with Gasteiger partial charge in [-0.15, -0.1) is 0 Å². The van der Waals surface area contributed by atoms with E-state index in [1.54, 1.807) is 0 Å². The Kier molecular flexibility index (Phi) is 4.33. The molecule has 2 nitrogen and oxygen atoms in total. The van der Waals surface area contributed by atoms with Crippen LogP contribution in [0.25, 0.3) is 11.1 Å². The molecule has 126 valence electrons. The summed E-state index contributed by atoms with van der Waals surface area (Å²) in [5.41, 5.74) is 6.17. The van der Waals surface area contributed by atoms with E-state index < -0.39 is 6.43 Å². The van der Waals surface area contributed by atoms with Gasteiger partial charge in [0, 0.05) is 38.6 Å². The molecule has 24 heavy (non-hydrogen) atoms. The van der Waals surface area contributed by atoms with Gasteiger partial charge >= 0.3 is 0 Å². The quantitative estimate of drug-likeness (QED) is 0.782. The Morgan fingerprint density at radius 1 is 0.958 bits per heavy atom. The minimum atomic E-state index is -2.28.